The Kier molecular flexibility index (Phi) is 4.38. The Hall–Kier alpha value is -3.08. The zero-order valence-corrected chi connectivity index (χ0v) is 12.7. The van der Waals surface area contributed by atoms with Crippen LogP contribution in [-0.2, 0) is 6.54 Å². The summed E-state index contributed by atoms with van der Waals surface area (Å²) in [7, 11) is 0. The van der Waals surface area contributed by atoms with Crippen LogP contribution in [0.25, 0.3) is 0 Å². The number of benzene rings is 1. The van der Waals surface area contributed by atoms with E-state index in [2.05, 4.69) is 46.8 Å². The van der Waals surface area contributed by atoms with E-state index in [9.17, 15) is 4.79 Å². The monoisotopic (exact) mass is 307 g/mol. The molecule has 0 saturated carbocycles. The second kappa shape index (κ2) is 6.79. The number of aryl methyl sites for hydroxylation is 1. The van der Waals surface area contributed by atoms with E-state index in [0.717, 1.165) is 5.82 Å². The number of furan rings is 1. The first kappa shape index (κ1) is 14.8. The Labute approximate surface area is 134 Å². The van der Waals surface area contributed by atoms with Crippen LogP contribution in [-0.4, -0.2) is 10.9 Å². The molecule has 1 amide bonds. The van der Waals surface area contributed by atoms with Crippen molar-refractivity contribution in [2.75, 3.05) is 10.6 Å². The molecule has 0 saturated heterocycles. The van der Waals surface area contributed by atoms with Gasteiger partial charge in [0.15, 0.2) is 5.76 Å². The van der Waals surface area contributed by atoms with Gasteiger partial charge in [-0.25, -0.2) is 4.98 Å². The molecule has 23 heavy (non-hydrogen) atoms. The number of hydrogen-bond donors (Lipinski definition) is 2. The highest BCUT2D eigenvalue weighted by Gasteiger charge is 2.08. The van der Waals surface area contributed by atoms with Crippen molar-refractivity contribution in [3.8, 4) is 0 Å². The van der Waals surface area contributed by atoms with Crippen LogP contribution >= 0.6 is 0 Å². The quantitative estimate of drug-likeness (QED) is 0.751. The van der Waals surface area contributed by atoms with Crippen LogP contribution in [0.5, 0.6) is 0 Å². The zero-order chi connectivity index (χ0) is 16.1. The number of rotatable bonds is 5. The van der Waals surface area contributed by atoms with Crippen molar-refractivity contribution in [1.82, 2.24) is 4.98 Å². The summed E-state index contributed by atoms with van der Waals surface area (Å²) in [6.45, 7) is 2.76. The topological polar surface area (TPSA) is 67.2 Å². The zero-order valence-electron chi connectivity index (χ0n) is 12.7. The van der Waals surface area contributed by atoms with E-state index in [-0.39, 0.29) is 11.7 Å². The highest BCUT2D eigenvalue weighted by molar-refractivity contribution is 6.02. The maximum atomic E-state index is 11.9. The molecule has 5 heteroatoms. The van der Waals surface area contributed by atoms with E-state index in [0.29, 0.717) is 12.2 Å². The van der Waals surface area contributed by atoms with Crippen LogP contribution < -0.4 is 10.6 Å². The molecule has 2 aromatic heterocycles. The van der Waals surface area contributed by atoms with Gasteiger partial charge in [-0.2, -0.15) is 0 Å². The molecule has 0 bridgehead atoms. The lowest BCUT2D eigenvalue weighted by Crippen LogP contribution is -2.11. The number of aromatic nitrogens is 1. The minimum Gasteiger partial charge on any atom is -0.459 e. The van der Waals surface area contributed by atoms with Gasteiger partial charge in [0, 0.05) is 6.54 Å². The second-order valence-electron chi connectivity index (χ2n) is 5.20. The maximum absolute atomic E-state index is 11.9. The van der Waals surface area contributed by atoms with E-state index in [1.165, 1.54) is 17.4 Å². The summed E-state index contributed by atoms with van der Waals surface area (Å²) in [5.74, 6) is 0.727. The number of carbonyl (C=O) groups is 1. The molecule has 2 N–H and O–H groups in total. The first-order valence-electron chi connectivity index (χ1n) is 7.31. The minimum absolute atomic E-state index is 0.270. The molecular formula is C18H17N3O2. The average Bonchev–Trinajstić information content (AvgIpc) is 3.10. The highest BCUT2D eigenvalue weighted by Crippen LogP contribution is 2.13. The fourth-order valence-corrected chi connectivity index (χ4v) is 2.07. The van der Waals surface area contributed by atoms with Crippen molar-refractivity contribution in [1.29, 1.82) is 0 Å². The Balaban J connectivity index is 1.56. The Bertz CT molecular complexity index is 763. The molecule has 5 nitrogen and oxygen atoms in total. The van der Waals surface area contributed by atoms with Gasteiger partial charge in [-0.05, 0) is 36.8 Å². The van der Waals surface area contributed by atoms with Gasteiger partial charge in [0.25, 0.3) is 5.91 Å². The average molecular weight is 307 g/mol. The van der Waals surface area contributed by atoms with Gasteiger partial charge in [0.1, 0.15) is 5.82 Å². The fourth-order valence-electron chi connectivity index (χ4n) is 2.07. The molecule has 1 aromatic carbocycles. The lowest BCUT2D eigenvalue weighted by molar-refractivity contribution is 0.0996. The van der Waals surface area contributed by atoms with Gasteiger partial charge in [0.05, 0.1) is 18.1 Å². The Morgan fingerprint density at radius 2 is 1.96 bits per heavy atom. The SMILES string of the molecule is Cc1ccc(CNc2ccc(NC(=O)c3ccco3)cn2)cc1. The van der Waals surface area contributed by atoms with Crippen molar-refractivity contribution < 1.29 is 9.21 Å². The summed E-state index contributed by atoms with van der Waals surface area (Å²) < 4.78 is 5.04. The van der Waals surface area contributed by atoms with Gasteiger partial charge in [0.2, 0.25) is 0 Å². The van der Waals surface area contributed by atoms with E-state index in [4.69, 9.17) is 4.42 Å². The van der Waals surface area contributed by atoms with Gasteiger partial charge in [-0.15, -0.1) is 0 Å². The summed E-state index contributed by atoms with van der Waals surface area (Å²) >= 11 is 0. The summed E-state index contributed by atoms with van der Waals surface area (Å²) in [5.41, 5.74) is 3.04. The lowest BCUT2D eigenvalue weighted by atomic mass is 10.1. The van der Waals surface area contributed by atoms with Crippen LogP contribution in [0, 0.1) is 6.92 Å². The number of nitrogens with zero attached hydrogens (tertiary/aromatic N) is 1. The number of hydrogen-bond acceptors (Lipinski definition) is 4. The molecule has 116 valence electrons. The molecule has 3 aromatic rings. The molecule has 0 aliphatic heterocycles. The number of pyridine rings is 1. The van der Waals surface area contributed by atoms with Crippen molar-refractivity contribution in [3.05, 3.63) is 77.9 Å². The Morgan fingerprint density at radius 1 is 1.13 bits per heavy atom. The number of carbonyl (C=O) groups excluding carboxylic acids is 1. The maximum Gasteiger partial charge on any atom is 0.291 e. The first-order chi connectivity index (χ1) is 11.2. The van der Waals surface area contributed by atoms with E-state index in [1.54, 1.807) is 24.4 Å². The second-order valence-corrected chi connectivity index (χ2v) is 5.20. The van der Waals surface area contributed by atoms with Crippen LogP contribution in [0.15, 0.2) is 65.4 Å². The van der Waals surface area contributed by atoms with Crippen molar-refractivity contribution in [3.63, 3.8) is 0 Å². The standard InChI is InChI=1S/C18H17N3O2/c1-13-4-6-14(7-5-13)11-19-17-9-8-15(12-20-17)21-18(22)16-3-2-10-23-16/h2-10,12H,11H2,1H3,(H,19,20)(H,21,22). The van der Waals surface area contributed by atoms with Gasteiger partial charge >= 0.3 is 0 Å². The van der Waals surface area contributed by atoms with Crippen molar-refractivity contribution >= 4 is 17.4 Å². The number of anilines is 2. The normalized spacial score (nSPS) is 10.3. The molecule has 0 aliphatic rings. The molecular weight excluding hydrogens is 290 g/mol. The van der Waals surface area contributed by atoms with Crippen LogP contribution in [0.4, 0.5) is 11.5 Å². The Morgan fingerprint density at radius 3 is 2.61 bits per heavy atom. The fraction of sp³-hybridized carbons (Fsp3) is 0.111. The lowest BCUT2D eigenvalue weighted by Gasteiger charge is -2.07. The summed E-state index contributed by atoms with van der Waals surface area (Å²) in [6, 6.07) is 15.2. The van der Waals surface area contributed by atoms with E-state index < -0.39 is 0 Å². The first-order valence-corrected chi connectivity index (χ1v) is 7.31. The highest BCUT2D eigenvalue weighted by atomic mass is 16.3. The van der Waals surface area contributed by atoms with Crippen molar-refractivity contribution in [2.24, 2.45) is 0 Å². The third kappa shape index (κ3) is 3.97. The van der Waals surface area contributed by atoms with Gasteiger partial charge in [-0.3, -0.25) is 4.79 Å². The smallest absolute Gasteiger partial charge is 0.291 e. The molecule has 0 radical (unpaired) electrons. The van der Waals surface area contributed by atoms with E-state index in [1.807, 2.05) is 6.07 Å². The van der Waals surface area contributed by atoms with Crippen LogP contribution in [0.1, 0.15) is 21.7 Å². The molecule has 0 spiro atoms. The predicted molar refractivity (Wildman–Crippen MR) is 89.4 cm³/mol. The molecule has 0 aliphatic carbocycles. The third-order valence-electron chi connectivity index (χ3n) is 3.36. The van der Waals surface area contributed by atoms with Crippen LogP contribution in [0.3, 0.4) is 0 Å². The van der Waals surface area contributed by atoms with Gasteiger partial charge < -0.3 is 15.1 Å². The van der Waals surface area contributed by atoms with Crippen LogP contribution in [0.2, 0.25) is 0 Å². The van der Waals surface area contributed by atoms with E-state index >= 15 is 0 Å². The summed E-state index contributed by atoms with van der Waals surface area (Å²) in [5, 5.41) is 5.97. The molecule has 0 atom stereocenters. The summed E-state index contributed by atoms with van der Waals surface area (Å²) in [4.78, 5) is 16.1. The predicted octanol–water partition coefficient (Wildman–Crippen LogP) is 3.85. The van der Waals surface area contributed by atoms with Crippen molar-refractivity contribution in [2.45, 2.75) is 13.5 Å². The molecule has 0 fully saturated rings. The van der Waals surface area contributed by atoms with Gasteiger partial charge in [-0.1, -0.05) is 29.8 Å². The molecule has 0 unspecified atom stereocenters. The molecule has 2 heterocycles. The summed E-state index contributed by atoms with van der Waals surface area (Å²) in [6.07, 6.45) is 3.07. The number of amides is 1. The number of nitrogens with one attached hydrogen (secondary N) is 2. The minimum atomic E-state index is -0.294. The largest absolute Gasteiger partial charge is 0.459 e. The third-order valence-corrected chi connectivity index (χ3v) is 3.36. The molecule has 3 rings (SSSR count).